The van der Waals surface area contributed by atoms with Crippen molar-refractivity contribution in [3.05, 3.63) is 48.7 Å². The molecule has 2 aromatic rings. The lowest BCUT2D eigenvalue weighted by Crippen LogP contribution is -2.12. The van der Waals surface area contributed by atoms with Crippen molar-refractivity contribution >= 4 is 11.7 Å². The van der Waals surface area contributed by atoms with Crippen molar-refractivity contribution < 1.29 is 9.90 Å². The summed E-state index contributed by atoms with van der Waals surface area (Å²) in [6.07, 6.45) is 1.63. The van der Waals surface area contributed by atoms with Crippen LogP contribution in [0.1, 0.15) is 0 Å². The van der Waals surface area contributed by atoms with Gasteiger partial charge in [0.1, 0.15) is 6.54 Å². The predicted octanol–water partition coefficient (Wildman–Crippen LogP) is 2.25. The molecule has 1 aromatic heterocycles. The minimum absolute atomic E-state index is 0.105. The first-order chi connectivity index (χ1) is 8.25. The van der Waals surface area contributed by atoms with Crippen LogP contribution < -0.4 is 5.32 Å². The molecule has 1 heterocycles. The van der Waals surface area contributed by atoms with E-state index in [1.165, 1.54) is 0 Å². The summed E-state index contributed by atoms with van der Waals surface area (Å²) < 4.78 is 0. The normalized spacial score (nSPS) is 9.88. The average molecular weight is 228 g/mol. The number of nitrogens with one attached hydrogen (secondary N) is 1. The van der Waals surface area contributed by atoms with Gasteiger partial charge in [-0.15, -0.1) is 0 Å². The Hall–Kier alpha value is -2.36. The lowest BCUT2D eigenvalue weighted by Gasteiger charge is -2.04. The zero-order valence-electron chi connectivity index (χ0n) is 9.13. The number of carbonyl (C=O) groups is 1. The van der Waals surface area contributed by atoms with Gasteiger partial charge in [-0.3, -0.25) is 9.78 Å². The summed E-state index contributed by atoms with van der Waals surface area (Å²) >= 11 is 0. The Morgan fingerprint density at radius 2 is 1.94 bits per heavy atom. The van der Waals surface area contributed by atoms with E-state index in [4.69, 9.17) is 5.11 Å². The molecule has 4 nitrogen and oxygen atoms in total. The molecule has 0 amide bonds. The van der Waals surface area contributed by atoms with Crippen molar-refractivity contribution in [1.29, 1.82) is 0 Å². The third kappa shape index (κ3) is 3.04. The van der Waals surface area contributed by atoms with Crippen molar-refractivity contribution in [3.63, 3.8) is 0 Å². The van der Waals surface area contributed by atoms with Crippen LogP contribution in [0.5, 0.6) is 0 Å². The molecule has 2 rings (SSSR count). The van der Waals surface area contributed by atoms with Crippen LogP contribution in [0.25, 0.3) is 11.3 Å². The molecule has 0 saturated heterocycles. The summed E-state index contributed by atoms with van der Waals surface area (Å²) in [5.74, 6) is -0.892. The van der Waals surface area contributed by atoms with Gasteiger partial charge in [-0.25, -0.2) is 0 Å². The van der Waals surface area contributed by atoms with E-state index in [0.29, 0.717) is 5.69 Å². The highest BCUT2D eigenvalue weighted by Gasteiger charge is 2.00. The van der Waals surface area contributed by atoms with Gasteiger partial charge in [0, 0.05) is 5.56 Å². The SMILES string of the molecule is O=C(O)CNc1ccc(-c2ccccc2)nc1. The van der Waals surface area contributed by atoms with E-state index in [0.717, 1.165) is 11.3 Å². The lowest BCUT2D eigenvalue weighted by molar-refractivity contribution is -0.134. The maximum atomic E-state index is 10.4. The van der Waals surface area contributed by atoms with Crippen LogP contribution in [0.4, 0.5) is 5.69 Å². The molecule has 1 aromatic carbocycles. The van der Waals surface area contributed by atoms with E-state index >= 15 is 0 Å². The van der Waals surface area contributed by atoms with Gasteiger partial charge in [0.25, 0.3) is 0 Å². The molecule has 0 unspecified atom stereocenters. The number of rotatable bonds is 4. The summed E-state index contributed by atoms with van der Waals surface area (Å²) in [4.78, 5) is 14.6. The lowest BCUT2D eigenvalue weighted by atomic mass is 10.1. The highest BCUT2D eigenvalue weighted by atomic mass is 16.4. The number of benzene rings is 1. The van der Waals surface area contributed by atoms with Gasteiger partial charge in [0.15, 0.2) is 0 Å². The first kappa shape index (κ1) is 11.1. The fraction of sp³-hybridized carbons (Fsp3) is 0.0769. The first-order valence-corrected chi connectivity index (χ1v) is 5.23. The van der Waals surface area contributed by atoms with Crippen LogP contribution in [-0.2, 0) is 4.79 Å². The summed E-state index contributed by atoms with van der Waals surface area (Å²) in [6, 6.07) is 13.5. The smallest absolute Gasteiger partial charge is 0.322 e. The largest absolute Gasteiger partial charge is 0.480 e. The van der Waals surface area contributed by atoms with Gasteiger partial charge in [0.2, 0.25) is 0 Å². The molecule has 0 fully saturated rings. The molecule has 2 N–H and O–H groups in total. The van der Waals surface area contributed by atoms with Crippen LogP contribution in [0.3, 0.4) is 0 Å². The second-order valence-corrected chi connectivity index (χ2v) is 3.55. The Morgan fingerprint density at radius 3 is 2.53 bits per heavy atom. The molecule has 17 heavy (non-hydrogen) atoms. The number of aliphatic carboxylic acids is 1. The maximum Gasteiger partial charge on any atom is 0.322 e. The molecule has 0 aliphatic heterocycles. The van der Waals surface area contributed by atoms with Gasteiger partial charge in [-0.2, -0.15) is 0 Å². The number of carboxylic acid groups (broad SMARTS) is 1. The Kier molecular flexibility index (Phi) is 3.35. The third-order valence-electron chi connectivity index (χ3n) is 2.28. The molecule has 0 aliphatic carbocycles. The Bertz CT molecular complexity index is 495. The highest BCUT2D eigenvalue weighted by molar-refractivity contribution is 5.72. The van der Waals surface area contributed by atoms with Crippen LogP contribution in [0.2, 0.25) is 0 Å². The monoisotopic (exact) mass is 228 g/mol. The minimum atomic E-state index is -0.892. The Morgan fingerprint density at radius 1 is 1.18 bits per heavy atom. The minimum Gasteiger partial charge on any atom is -0.480 e. The van der Waals surface area contributed by atoms with Gasteiger partial charge in [-0.1, -0.05) is 30.3 Å². The number of nitrogens with zero attached hydrogens (tertiary/aromatic N) is 1. The molecule has 0 saturated carbocycles. The van der Waals surface area contributed by atoms with Crippen LogP contribution in [0, 0.1) is 0 Å². The number of hydrogen-bond donors (Lipinski definition) is 2. The van der Waals surface area contributed by atoms with Crippen LogP contribution in [-0.4, -0.2) is 22.6 Å². The van der Waals surface area contributed by atoms with E-state index in [1.807, 2.05) is 42.5 Å². The predicted molar refractivity (Wildman–Crippen MR) is 65.8 cm³/mol. The highest BCUT2D eigenvalue weighted by Crippen LogP contribution is 2.17. The number of pyridine rings is 1. The maximum absolute atomic E-state index is 10.4. The zero-order chi connectivity index (χ0) is 12.1. The van der Waals surface area contributed by atoms with Gasteiger partial charge in [-0.05, 0) is 12.1 Å². The van der Waals surface area contributed by atoms with E-state index in [-0.39, 0.29) is 6.54 Å². The van der Waals surface area contributed by atoms with Gasteiger partial charge < -0.3 is 10.4 Å². The Balaban J connectivity index is 2.11. The van der Waals surface area contributed by atoms with Crippen LogP contribution in [0.15, 0.2) is 48.7 Å². The van der Waals surface area contributed by atoms with E-state index in [1.54, 1.807) is 6.20 Å². The fourth-order valence-corrected chi connectivity index (χ4v) is 1.46. The topological polar surface area (TPSA) is 62.2 Å². The van der Waals surface area contributed by atoms with Gasteiger partial charge in [0.05, 0.1) is 17.6 Å². The second kappa shape index (κ2) is 5.12. The number of aromatic nitrogens is 1. The molecule has 0 radical (unpaired) electrons. The van der Waals surface area contributed by atoms with Crippen molar-refractivity contribution in [3.8, 4) is 11.3 Å². The van der Waals surface area contributed by atoms with E-state index in [9.17, 15) is 4.79 Å². The standard InChI is InChI=1S/C13H12N2O2/c16-13(17)9-14-11-6-7-12(15-8-11)10-4-2-1-3-5-10/h1-8,14H,9H2,(H,16,17). The quantitative estimate of drug-likeness (QED) is 0.842. The molecule has 86 valence electrons. The van der Waals surface area contributed by atoms with E-state index < -0.39 is 5.97 Å². The summed E-state index contributed by atoms with van der Waals surface area (Å²) in [7, 11) is 0. The first-order valence-electron chi connectivity index (χ1n) is 5.23. The molecular weight excluding hydrogens is 216 g/mol. The molecular formula is C13H12N2O2. The van der Waals surface area contributed by atoms with Crippen molar-refractivity contribution in [2.75, 3.05) is 11.9 Å². The van der Waals surface area contributed by atoms with Crippen molar-refractivity contribution in [1.82, 2.24) is 4.98 Å². The summed E-state index contributed by atoms with van der Waals surface area (Å²) in [6.45, 7) is -0.105. The second-order valence-electron chi connectivity index (χ2n) is 3.55. The zero-order valence-corrected chi connectivity index (χ0v) is 9.13. The molecule has 4 heteroatoms. The number of hydrogen-bond acceptors (Lipinski definition) is 3. The fourth-order valence-electron chi connectivity index (χ4n) is 1.46. The molecule has 0 bridgehead atoms. The average Bonchev–Trinajstić information content (AvgIpc) is 2.38. The molecule has 0 atom stereocenters. The third-order valence-corrected chi connectivity index (χ3v) is 2.28. The van der Waals surface area contributed by atoms with Crippen LogP contribution >= 0.6 is 0 Å². The van der Waals surface area contributed by atoms with E-state index in [2.05, 4.69) is 10.3 Å². The molecule has 0 aliphatic rings. The summed E-state index contributed by atoms with van der Waals surface area (Å²) in [5, 5.41) is 11.3. The van der Waals surface area contributed by atoms with Crippen molar-refractivity contribution in [2.45, 2.75) is 0 Å². The number of anilines is 1. The van der Waals surface area contributed by atoms with Gasteiger partial charge >= 0.3 is 5.97 Å². The Labute approximate surface area is 98.9 Å². The van der Waals surface area contributed by atoms with Crippen molar-refractivity contribution in [2.24, 2.45) is 0 Å². The summed E-state index contributed by atoms with van der Waals surface area (Å²) in [5.41, 5.74) is 2.61. The molecule has 0 spiro atoms. The number of carboxylic acids is 1.